The molecule has 0 rings (SSSR count). The zero-order valence-electron chi connectivity index (χ0n) is 26.0. The molecule has 0 amide bonds. The smallest absolute Gasteiger partial charge is 0.652 e. The normalized spacial score (nSPS) is 12.7. The van der Waals surface area contributed by atoms with Gasteiger partial charge in [0.15, 0.2) is 0 Å². The first kappa shape index (κ1) is 50.7. The van der Waals surface area contributed by atoms with Crippen LogP contribution >= 0.6 is 15.8 Å². The van der Waals surface area contributed by atoms with E-state index >= 15 is 0 Å². The van der Waals surface area contributed by atoms with Gasteiger partial charge in [0, 0.05) is 36.3 Å². The average molecular weight is 839 g/mol. The fourth-order valence-corrected chi connectivity index (χ4v) is 20.2. The minimum Gasteiger partial charge on any atom is -0.652 e. The molecule has 194 valence electrons. The Morgan fingerprint density at radius 2 is 0.485 bits per heavy atom. The van der Waals surface area contributed by atoms with E-state index in [1.54, 1.807) is 0 Å². The van der Waals surface area contributed by atoms with Crippen molar-refractivity contribution < 1.29 is 173 Å². The molecule has 0 aromatic rings. The molecule has 0 radical (unpaired) electrons. The Morgan fingerprint density at radius 3 is 0.485 bits per heavy atom. The minimum atomic E-state index is -2.33. The molecule has 0 aliphatic rings. The third-order valence-corrected chi connectivity index (χ3v) is 13.5. The third kappa shape index (κ3) is 26.9. The number of hydrogen-bond donors (Lipinski definition) is 0. The van der Waals surface area contributed by atoms with Crippen molar-refractivity contribution in [1.82, 2.24) is 0 Å². The fourth-order valence-electron chi connectivity index (χ4n) is 6.75. The van der Waals surface area contributed by atoms with Crippen molar-refractivity contribution in [2.45, 2.75) is 156 Å². The van der Waals surface area contributed by atoms with Gasteiger partial charge in [0.05, 0.1) is 30.9 Å². The van der Waals surface area contributed by atoms with Gasteiger partial charge in [-0.15, -0.1) is 0 Å². The number of carbonyl (C=O) groups excluding carboxylic acids is 1. The number of hydrogen-bond acceptors (Lipinski definition) is 3. The van der Waals surface area contributed by atoms with Crippen molar-refractivity contribution in [3.8, 4) is 0 Å². The van der Waals surface area contributed by atoms with E-state index in [0.29, 0.717) is 30.9 Å². The Hall–Kier alpha value is 4.90. The predicted octanol–water partition coefficient (Wildman–Crippen LogP) is 0.751. The van der Waals surface area contributed by atoms with Crippen LogP contribution in [0, 0.1) is 0 Å². The molecule has 33 heavy (non-hydrogen) atoms. The van der Waals surface area contributed by atoms with Gasteiger partial charge in [0.25, 0.3) is 0 Å². The van der Waals surface area contributed by atoms with Crippen molar-refractivity contribution in [3.63, 3.8) is 0 Å². The predicted molar refractivity (Wildman–Crippen MR) is 141 cm³/mol. The van der Waals surface area contributed by atoms with E-state index in [0.717, 1.165) is 0 Å². The largest absolute Gasteiger partial charge is 1.00 e. The summed E-state index contributed by atoms with van der Waals surface area (Å²) in [6.07, 6.45) is -2.33. The van der Waals surface area contributed by atoms with Crippen molar-refractivity contribution in [2.24, 2.45) is 0 Å². The van der Waals surface area contributed by atoms with Crippen molar-refractivity contribution >= 4 is 22.0 Å². The molecule has 0 aliphatic carbocycles. The summed E-state index contributed by atoms with van der Waals surface area (Å²) in [6.45, 7) is 43.2. The van der Waals surface area contributed by atoms with Crippen molar-refractivity contribution in [2.75, 3.05) is 0 Å². The second kappa shape index (κ2) is 19.1. The standard InChI is InChI=1S/2C12H27P.CH2O3.2Cs.Pd/c2*1-10(2,3)13(11(4,5)6)12(7,8)9;2-1(3)4;;;/h2*1-9H3;(H2,2,3,4);;;/q;;;2*+1;. The second-order valence-electron chi connectivity index (χ2n) is 14.5. The van der Waals surface area contributed by atoms with Crippen LogP contribution in [0.25, 0.3) is 0 Å². The van der Waals surface area contributed by atoms with Gasteiger partial charge in [-0.1, -0.05) is 0 Å². The molecule has 0 bridgehead atoms. The van der Waals surface area contributed by atoms with E-state index < -0.39 is 22.0 Å². The molecule has 0 N–H and O–H groups in total. The molecule has 0 aromatic carbocycles. The van der Waals surface area contributed by atoms with Crippen molar-refractivity contribution in [3.05, 3.63) is 0 Å². The monoisotopic (exact) mass is 838 g/mol. The third-order valence-electron chi connectivity index (χ3n) is 4.50. The summed E-state index contributed by atoms with van der Waals surface area (Å²) in [7, 11) is -0.782. The summed E-state index contributed by atoms with van der Waals surface area (Å²) < 4.78 is 0. The number of rotatable bonds is 0. The van der Waals surface area contributed by atoms with Crippen LogP contribution in [0.3, 0.4) is 0 Å². The molecule has 0 saturated heterocycles. The molecule has 0 heterocycles. The summed E-state index contributed by atoms with van der Waals surface area (Å²) in [6, 6.07) is 0. The quantitative estimate of drug-likeness (QED) is 0.268. The molecular formula is C25H56Cs2O3P2Pd+2. The first-order valence-corrected chi connectivity index (χ1v) is 14.1. The summed E-state index contributed by atoms with van der Waals surface area (Å²) in [5, 5.41) is 19.6. The van der Waals surface area contributed by atoms with Crippen LogP contribution in [0.2, 0.25) is 0 Å². The van der Waals surface area contributed by atoms with Gasteiger partial charge in [-0.3, -0.25) is 0 Å². The zero-order chi connectivity index (χ0) is 25.7. The molecular weight excluding hydrogens is 782 g/mol. The van der Waals surface area contributed by atoms with Gasteiger partial charge in [0.2, 0.25) is 0 Å². The van der Waals surface area contributed by atoms with Crippen LogP contribution in [0.4, 0.5) is 4.79 Å². The van der Waals surface area contributed by atoms with Gasteiger partial charge in [-0.25, -0.2) is 0 Å². The summed E-state index contributed by atoms with van der Waals surface area (Å²) in [4.78, 5) is 8.33. The Kier molecular flexibility index (Phi) is 29.3. The summed E-state index contributed by atoms with van der Waals surface area (Å²) >= 11 is 0. The maximum atomic E-state index is 8.33. The fraction of sp³-hybridized carbons (Fsp3) is 0.960. The molecule has 3 nitrogen and oxygen atoms in total. The maximum absolute atomic E-state index is 8.33. The SMILES string of the molecule is CC(C)(C)[PH+](C(C)(C)C)C(C)(C)C.CC(C)(C)[PH+](C(C)(C)C)C(C)(C)C.O=C([O-])[O-].[Cs+].[Cs+].[Pd]. The maximum Gasteiger partial charge on any atom is 1.00 e. The summed E-state index contributed by atoms with van der Waals surface area (Å²) in [5.74, 6) is 0. The Bertz CT molecular complexity index is 404. The second-order valence-corrected chi connectivity index (χ2v) is 25.0. The minimum absolute atomic E-state index is 0. The summed E-state index contributed by atoms with van der Waals surface area (Å²) in [5.41, 5.74) is 0. The van der Waals surface area contributed by atoms with Crippen LogP contribution in [0.1, 0.15) is 125 Å². The van der Waals surface area contributed by atoms with E-state index in [9.17, 15) is 0 Å². The van der Waals surface area contributed by atoms with Gasteiger partial charge in [-0.2, -0.15) is 0 Å². The van der Waals surface area contributed by atoms with E-state index in [1.807, 2.05) is 0 Å². The Balaban J connectivity index is -0.0000000880. The van der Waals surface area contributed by atoms with Crippen LogP contribution < -0.4 is 148 Å². The first-order chi connectivity index (χ1) is 12.5. The van der Waals surface area contributed by atoms with Crippen LogP contribution in [-0.2, 0) is 20.4 Å². The average Bonchev–Trinajstić information content (AvgIpc) is 2.11. The van der Waals surface area contributed by atoms with Gasteiger partial charge >= 0.3 is 138 Å². The number of carboxylic acid groups (broad SMARTS) is 2. The molecule has 0 spiro atoms. The molecule has 0 fully saturated rings. The van der Waals surface area contributed by atoms with E-state index in [4.69, 9.17) is 15.0 Å². The first-order valence-electron chi connectivity index (χ1n) is 11.1. The molecule has 0 aliphatic heterocycles. The Morgan fingerprint density at radius 1 is 0.424 bits per heavy atom. The molecule has 0 saturated carbocycles. The van der Waals surface area contributed by atoms with Crippen LogP contribution in [-0.4, -0.2) is 37.1 Å². The molecule has 0 aromatic heterocycles. The van der Waals surface area contributed by atoms with E-state index in [2.05, 4.69) is 125 Å². The Labute approximate surface area is 343 Å². The van der Waals surface area contributed by atoms with E-state index in [1.165, 1.54) is 0 Å². The van der Waals surface area contributed by atoms with Gasteiger partial charge in [-0.05, 0) is 131 Å². The molecule has 0 unspecified atom stereocenters. The zero-order valence-corrected chi connectivity index (χ0v) is 42.2. The van der Waals surface area contributed by atoms with Gasteiger partial charge in [0.1, 0.15) is 0 Å². The molecule has 8 heteroatoms. The van der Waals surface area contributed by atoms with Crippen molar-refractivity contribution in [1.29, 1.82) is 0 Å². The topological polar surface area (TPSA) is 63.2 Å². The van der Waals surface area contributed by atoms with E-state index in [-0.39, 0.29) is 158 Å². The van der Waals surface area contributed by atoms with Gasteiger partial charge < -0.3 is 15.0 Å². The van der Waals surface area contributed by atoms with Crippen LogP contribution in [0.5, 0.6) is 0 Å². The van der Waals surface area contributed by atoms with Crippen LogP contribution in [0.15, 0.2) is 0 Å². The number of carbonyl (C=O) groups is 1. The molecule has 0 atom stereocenters.